The van der Waals surface area contributed by atoms with E-state index in [1.807, 2.05) is 29.5 Å². The first-order chi connectivity index (χ1) is 15.8. The molecule has 33 heavy (non-hydrogen) atoms. The lowest BCUT2D eigenvalue weighted by molar-refractivity contribution is -0.129. The number of nitrogens with zero attached hydrogens (tertiary/aromatic N) is 5. The van der Waals surface area contributed by atoms with Gasteiger partial charge in [0.15, 0.2) is 0 Å². The molecule has 2 aromatic heterocycles. The molecule has 1 unspecified atom stereocenters. The zero-order chi connectivity index (χ0) is 23.7. The number of carbonyl (C=O) groups excluding carboxylic acids is 1. The monoisotopic (exact) mass is 450 g/mol. The number of fused-ring (bicyclic) bond motifs is 1. The van der Waals surface area contributed by atoms with Crippen LogP contribution in [0.5, 0.6) is 5.88 Å². The Morgan fingerprint density at radius 3 is 2.36 bits per heavy atom. The van der Waals surface area contributed by atoms with Gasteiger partial charge in [0.2, 0.25) is 17.7 Å². The van der Waals surface area contributed by atoms with E-state index in [4.69, 9.17) is 9.97 Å². The maximum absolute atomic E-state index is 11.7. The van der Waals surface area contributed by atoms with Gasteiger partial charge in [-0.2, -0.15) is 4.98 Å². The van der Waals surface area contributed by atoms with Gasteiger partial charge in [-0.25, -0.2) is 4.98 Å². The summed E-state index contributed by atoms with van der Waals surface area (Å²) in [6, 6.07) is 8.71. The van der Waals surface area contributed by atoms with E-state index < -0.39 is 0 Å². The Hall–Kier alpha value is -3.29. The number of piperazine rings is 1. The van der Waals surface area contributed by atoms with Crippen LogP contribution in [0.1, 0.15) is 57.3 Å². The van der Waals surface area contributed by atoms with Gasteiger partial charge in [0.05, 0.1) is 11.4 Å². The van der Waals surface area contributed by atoms with Gasteiger partial charge >= 0.3 is 0 Å². The number of aromatic nitrogens is 3. The minimum absolute atomic E-state index is 0.0793. The molecule has 2 N–H and O–H groups in total. The summed E-state index contributed by atoms with van der Waals surface area (Å²) in [5.74, 6) is 1.52. The number of hydrogen-bond donors (Lipinski definition) is 2. The maximum atomic E-state index is 11.7. The highest BCUT2D eigenvalue weighted by Crippen LogP contribution is 2.36. The lowest BCUT2D eigenvalue weighted by atomic mass is 10.0. The highest BCUT2D eigenvalue weighted by Gasteiger charge is 2.25. The van der Waals surface area contributed by atoms with E-state index >= 15 is 0 Å². The molecule has 1 atom stereocenters. The second kappa shape index (κ2) is 9.29. The van der Waals surface area contributed by atoms with E-state index in [0.717, 1.165) is 11.8 Å². The molecule has 0 radical (unpaired) electrons. The smallest absolute Gasteiger partial charge is 0.228 e. The Morgan fingerprint density at radius 2 is 1.79 bits per heavy atom. The molecule has 4 rings (SSSR count). The van der Waals surface area contributed by atoms with Gasteiger partial charge < -0.3 is 24.8 Å². The van der Waals surface area contributed by atoms with Crippen molar-refractivity contribution >= 4 is 28.6 Å². The van der Waals surface area contributed by atoms with Gasteiger partial charge in [-0.1, -0.05) is 36.8 Å². The van der Waals surface area contributed by atoms with Crippen molar-refractivity contribution in [2.75, 3.05) is 36.4 Å². The van der Waals surface area contributed by atoms with Crippen molar-refractivity contribution < 1.29 is 9.90 Å². The third kappa shape index (κ3) is 4.60. The van der Waals surface area contributed by atoms with Crippen molar-refractivity contribution in [1.82, 2.24) is 19.4 Å². The topological polar surface area (TPSA) is 86.5 Å². The van der Waals surface area contributed by atoms with Crippen molar-refractivity contribution in [3.05, 3.63) is 41.6 Å². The van der Waals surface area contributed by atoms with E-state index in [1.165, 1.54) is 11.1 Å². The number of aromatic hydroxyl groups is 1. The second-order valence-electron chi connectivity index (χ2n) is 9.10. The Morgan fingerprint density at radius 1 is 1.12 bits per heavy atom. The molecule has 0 spiro atoms. The number of nitrogens with one attached hydrogen (secondary N) is 1. The summed E-state index contributed by atoms with van der Waals surface area (Å²) < 4.78 is 1.83. The number of rotatable bonds is 6. The molecule has 3 heterocycles. The predicted octanol–water partition coefficient (Wildman–Crippen LogP) is 4.26. The molecular weight excluding hydrogens is 416 g/mol. The fraction of sp³-hybridized carbons (Fsp3) is 0.480. The molecular formula is C25H34N6O2. The maximum Gasteiger partial charge on any atom is 0.228 e. The molecule has 1 aromatic carbocycles. The van der Waals surface area contributed by atoms with Crippen LogP contribution in [0.25, 0.3) is 10.9 Å². The second-order valence-corrected chi connectivity index (χ2v) is 9.10. The van der Waals surface area contributed by atoms with Crippen molar-refractivity contribution in [2.45, 2.75) is 53.1 Å². The standard InChI is InChI=1S/C25H34N6O2/c1-6-21(19-9-7-17(4)8-10-19)26-23-20-15-31(16(2)3)24(33)22(20)27-25(28-23)30-13-11-29(12-14-30)18(5)32/h7-10,15-16,21,33H,6,11-14H2,1-5H3,(H,26,27,28). The summed E-state index contributed by atoms with van der Waals surface area (Å²) in [6.45, 7) is 12.5. The molecule has 1 aliphatic heterocycles. The fourth-order valence-electron chi connectivity index (χ4n) is 4.32. The summed E-state index contributed by atoms with van der Waals surface area (Å²) >= 11 is 0. The molecule has 1 saturated heterocycles. The summed E-state index contributed by atoms with van der Waals surface area (Å²) in [4.78, 5) is 25.3. The molecule has 0 bridgehead atoms. The molecule has 1 amide bonds. The van der Waals surface area contributed by atoms with Crippen LogP contribution in [0.15, 0.2) is 30.5 Å². The minimum atomic E-state index is 0.0793. The van der Waals surface area contributed by atoms with Gasteiger partial charge in [0.25, 0.3) is 0 Å². The minimum Gasteiger partial charge on any atom is -0.493 e. The van der Waals surface area contributed by atoms with E-state index in [-0.39, 0.29) is 23.9 Å². The Labute approximate surface area is 195 Å². The van der Waals surface area contributed by atoms with Crippen LogP contribution in [0.4, 0.5) is 11.8 Å². The molecule has 0 saturated carbocycles. The number of anilines is 2. The quantitative estimate of drug-likeness (QED) is 0.584. The van der Waals surface area contributed by atoms with Crippen LogP contribution in [-0.2, 0) is 4.79 Å². The molecule has 8 heteroatoms. The lowest BCUT2D eigenvalue weighted by Gasteiger charge is -2.34. The number of aryl methyl sites for hydroxylation is 1. The first kappa shape index (κ1) is 22.9. The van der Waals surface area contributed by atoms with Gasteiger partial charge in [-0.05, 0) is 32.8 Å². The van der Waals surface area contributed by atoms with E-state index in [0.29, 0.717) is 43.5 Å². The third-order valence-corrected chi connectivity index (χ3v) is 6.42. The van der Waals surface area contributed by atoms with Crippen LogP contribution in [0, 0.1) is 6.92 Å². The molecule has 1 aliphatic rings. The number of amides is 1. The van der Waals surface area contributed by atoms with Crippen molar-refractivity contribution in [3.63, 3.8) is 0 Å². The molecule has 3 aromatic rings. The number of carbonyl (C=O) groups is 1. The van der Waals surface area contributed by atoms with Crippen LogP contribution in [-0.4, -0.2) is 56.6 Å². The van der Waals surface area contributed by atoms with Crippen LogP contribution in [0.3, 0.4) is 0 Å². The average Bonchev–Trinajstić information content (AvgIpc) is 3.15. The van der Waals surface area contributed by atoms with Crippen LogP contribution < -0.4 is 10.2 Å². The largest absolute Gasteiger partial charge is 0.493 e. The lowest BCUT2D eigenvalue weighted by Crippen LogP contribution is -2.48. The average molecular weight is 451 g/mol. The van der Waals surface area contributed by atoms with Gasteiger partial charge in [0, 0.05) is 45.3 Å². The van der Waals surface area contributed by atoms with Crippen LogP contribution >= 0.6 is 0 Å². The molecule has 1 fully saturated rings. The molecule has 176 valence electrons. The van der Waals surface area contributed by atoms with Crippen LogP contribution in [0.2, 0.25) is 0 Å². The fourth-order valence-corrected chi connectivity index (χ4v) is 4.32. The number of hydrogen-bond acceptors (Lipinski definition) is 6. The normalized spacial score (nSPS) is 15.3. The van der Waals surface area contributed by atoms with E-state index in [2.05, 4.69) is 48.3 Å². The highest BCUT2D eigenvalue weighted by molar-refractivity contribution is 5.94. The summed E-state index contributed by atoms with van der Waals surface area (Å²) in [5, 5.41) is 15.4. The summed E-state index contributed by atoms with van der Waals surface area (Å²) in [7, 11) is 0. The Kier molecular flexibility index (Phi) is 6.44. The zero-order valence-corrected chi connectivity index (χ0v) is 20.2. The van der Waals surface area contributed by atoms with E-state index in [1.54, 1.807) is 6.92 Å². The van der Waals surface area contributed by atoms with Gasteiger partial charge in [0.1, 0.15) is 11.3 Å². The first-order valence-electron chi connectivity index (χ1n) is 11.7. The highest BCUT2D eigenvalue weighted by atomic mass is 16.3. The first-order valence-corrected chi connectivity index (χ1v) is 11.7. The van der Waals surface area contributed by atoms with Crippen molar-refractivity contribution in [2.24, 2.45) is 0 Å². The molecule has 8 nitrogen and oxygen atoms in total. The molecule has 0 aliphatic carbocycles. The SMILES string of the molecule is CCC(Nc1nc(N2CCN(C(C)=O)CC2)nc2c(O)n(C(C)C)cc12)c1ccc(C)cc1. The summed E-state index contributed by atoms with van der Waals surface area (Å²) in [6.07, 6.45) is 2.81. The predicted molar refractivity (Wildman–Crippen MR) is 132 cm³/mol. The van der Waals surface area contributed by atoms with Crippen molar-refractivity contribution in [3.8, 4) is 5.88 Å². The number of benzene rings is 1. The van der Waals surface area contributed by atoms with E-state index in [9.17, 15) is 9.90 Å². The van der Waals surface area contributed by atoms with Gasteiger partial charge in [-0.3, -0.25) is 4.79 Å². The Balaban J connectivity index is 1.74. The zero-order valence-electron chi connectivity index (χ0n) is 20.2. The third-order valence-electron chi connectivity index (χ3n) is 6.42. The summed E-state index contributed by atoms with van der Waals surface area (Å²) in [5.41, 5.74) is 2.96. The van der Waals surface area contributed by atoms with Gasteiger partial charge in [-0.15, -0.1) is 0 Å². The van der Waals surface area contributed by atoms with Crippen molar-refractivity contribution in [1.29, 1.82) is 0 Å². The Bertz CT molecular complexity index is 1130.